The minimum atomic E-state index is -0.634. The van der Waals surface area contributed by atoms with Crippen LogP contribution < -0.4 is 4.74 Å². The standard InChI is InChI=1S/C15H22FNO/c1-12-13(5-3-7-15(12)18-2)8-10-17-9-4-6-14(16)11-17/h3,5,7,14H,4,6,8-11H2,1-2H3. The van der Waals surface area contributed by atoms with Crippen molar-refractivity contribution < 1.29 is 9.13 Å². The monoisotopic (exact) mass is 251 g/mol. The van der Waals surface area contributed by atoms with E-state index in [1.165, 1.54) is 11.1 Å². The number of likely N-dealkylation sites (tertiary alicyclic amines) is 1. The summed E-state index contributed by atoms with van der Waals surface area (Å²) >= 11 is 0. The largest absolute Gasteiger partial charge is 0.496 e. The van der Waals surface area contributed by atoms with Crippen molar-refractivity contribution in [3.05, 3.63) is 29.3 Å². The molecular weight excluding hydrogens is 229 g/mol. The van der Waals surface area contributed by atoms with E-state index in [4.69, 9.17) is 4.74 Å². The van der Waals surface area contributed by atoms with Gasteiger partial charge in [0.2, 0.25) is 0 Å². The molecule has 100 valence electrons. The van der Waals surface area contributed by atoms with E-state index in [1.54, 1.807) is 7.11 Å². The Morgan fingerprint density at radius 1 is 1.44 bits per heavy atom. The molecular formula is C15H22FNO. The number of piperidine rings is 1. The van der Waals surface area contributed by atoms with Crippen LogP contribution in [0.25, 0.3) is 0 Å². The summed E-state index contributed by atoms with van der Waals surface area (Å²) in [4.78, 5) is 2.23. The lowest BCUT2D eigenvalue weighted by molar-refractivity contribution is 0.140. The van der Waals surface area contributed by atoms with Crippen LogP contribution in [0, 0.1) is 6.92 Å². The van der Waals surface area contributed by atoms with E-state index in [0.717, 1.165) is 38.1 Å². The van der Waals surface area contributed by atoms with Crippen LogP contribution in [0.1, 0.15) is 24.0 Å². The van der Waals surface area contributed by atoms with Crippen molar-refractivity contribution >= 4 is 0 Å². The summed E-state index contributed by atoms with van der Waals surface area (Å²) in [6.45, 7) is 4.66. The van der Waals surface area contributed by atoms with E-state index in [1.807, 2.05) is 12.1 Å². The highest BCUT2D eigenvalue weighted by Gasteiger charge is 2.18. The molecule has 0 spiro atoms. The van der Waals surface area contributed by atoms with E-state index >= 15 is 0 Å². The third-order valence-electron chi connectivity index (χ3n) is 3.76. The second-order valence-electron chi connectivity index (χ2n) is 5.03. The number of methoxy groups -OCH3 is 1. The molecule has 1 fully saturated rings. The number of hydrogen-bond acceptors (Lipinski definition) is 2. The third kappa shape index (κ3) is 3.22. The van der Waals surface area contributed by atoms with Gasteiger partial charge in [-0.25, -0.2) is 4.39 Å². The van der Waals surface area contributed by atoms with Crippen LogP contribution in [0.2, 0.25) is 0 Å². The van der Waals surface area contributed by atoms with Gasteiger partial charge in [0, 0.05) is 13.1 Å². The highest BCUT2D eigenvalue weighted by Crippen LogP contribution is 2.22. The van der Waals surface area contributed by atoms with Gasteiger partial charge in [-0.3, -0.25) is 0 Å². The zero-order valence-corrected chi connectivity index (χ0v) is 11.3. The van der Waals surface area contributed by atoms with Crippen molar-refractivity contribution in [2.45, 2.75) is 32.4 Å². The molecule has 18 heavy (non-hydrogen) atoms. The summed E-state index contributed by atoms with van der Waals surface area (Å²) in [6, 6.07) is 6.14. The Morgan fingerprint density at radius 3 is 3.00 bits per heavy atom. The van der Waals surface area contributed by atoms with Crippen molar-refractivity contribution in [2.75, 3.05) is 26.7 Å². The van der Waals surface area contributed by atoms with E-state index in [-0.39, 0.29) is 0 Å². The Labute approximate surface area is 109 Å². The van der Waals surface area contributed by atoms with Gasteiger partial charge in [0.25, 0.3) is 0 Å². The van der Waals surface area contributed by atoms with Gasteiger partial charge in [0.05, 0.1) is 7.11 Å². The molecule has 1 aliphatic rings. The minimum absolute atomic E-state index is 0.600. The molecule has 0 bridgehead atoms. The first-order chi connectivity index (χ1) is 8.70. The maximum atomic E-state index is 13.3. The number of hydrogen-bond donors (Lipinski definition) is 0. The van der Waals surface area contributed by atoms with Crippen molar-refractivity contribution in [2.24, 2.45) is 0 Å². The lowest BCUT2D eigenvalue weighted by atomic mass is 10.0. The smallest absolute Gasteiger partial charge is 0.122 e. The molecule has 1 aliphatic heterocycles. The second kappa shape index (κ2) is 6.19. The fourth-order valence-electron chi connectivity index (χ4n) is 2.63. The molecule has 1 aromatic carbocycles. The lowest BCUT2D eigenvalue weighted by Gasteiger charge is -2.29. The zero-order valence-electron chi connectivity index (χ0n) is 11.3. The Morgan fingerprint density at radius 2 is 2.28 bits per heavy atom. The number of halogens is 1. The number of alkyl halides is 1. The first kappa shape index (κ1) is 13.3. The van der Waals surface area contributed by atoms with Gasteiger partial charge in [-0.05, 0) is 49.9 Å². The Kier molecular flexibility index (Phi) is 4.59. The van der Waals surface area contributed by atoms with Crippen molar-refractivity contribution in [1.29, 1.82) is 0 Å². The summed E-state index contributed by atoms with van der Waals surface area (Å²) in [7, 11) is 1.70. The topological polar surface area (TPSA) is 12.5 Å². The first-order valence-corrected chi connectivity index (χ1v) is 6.69. The fourth-order valence-corrected chi connectivity index (χ4v) is 2.63. The van der Waals surface area contributed by atoms with Crippen LogP contribution >= 0.6 is 0 Å². The summed E-state index contributed by atoms with van der Waals surface area (Å²) in [6.07, 6.45) is 2.05. The number of ether oxygens (including phenoxy) is 1. The predicted molar refractivity (Wildman–Crippen MR) is 72.0 cm³/mol. The van der Waals surface area contributed by atoms with Crippen LogP contribution in [0.3, 0.4) is 0 Å². The first-order valence-electron chi connectivity index (χ1n) is 6.69. The Hall–Kier alpha value is -1.09. The molecule has 3 heteroatoms. The molecule has 1 atom stereocenters. The number of rotatable bonds is 4. The van der Waals surface area contributed by atoms with Crippen molar-refractivity contribution in [3.8, 4) is 5.75 Å². The van der Waals surface area contributed by atoms with Crippen LogP contribution in [0.4, 0.5) is 4.39 Å². The molecule has 0 N–H and O–H groups in total. The summed E-state index contributed by atoms with van der Waals surface area (Å²) in [5.74, 6) is 0.939. The molecule has 0 aromatic heterocycles. The summed E-state index contributed by atoms with van der Waals surface area (Å²) in [5.41, 5.74) is 2.50. The highest BCUT2D eigenvalue weighted by atomic mass is 19.1. The molecule has 2 rings (SSSR count). The lowest BCUT2D eigenvalue weighted by Crippen LogP contribution is -2.37. The minimum Gasteiger partial charge on any atom is -0.496 e. The second-order valence-corrected chi connectivity index (χ2v) is 5.03. The average molecular weight is 251 g/mol. The van der Waals surface area contributed by atoms with E-state index in [0.29, 0.717) is 6.54 Å². The maximum absolute atomic E-state index is 13.3. The van der Waals surface area contributed by atoms with Gasteiger partial charge in [-0.1, -0.05) is 12.1 Å². The SMILES string of the molecule is COc1cccc(CCN2CCCC(F)C2)c1C. The Balaban J connectivity index is 1.93. The van der Waals surface area contributed by atoms with E-state index in [9.17, 15) is 4.39 Å². The highest BCUT2D eigenvalue weighted by molar-refractivity contribution is 5.39. The number of nitrogens with zero attached hydrogens (tertiary/aromatic N) is 1. The fraction of sp³-hybridized carbons (Fsp3) is 0.600. The van der Waals surface area contributed by atoms with Gasteiger partial charge in [-0.15, -0.1) is 0 Å². The summed E-state index contributed by atoms with van der Waals surface area (Å²) < 4.78 is 18.6. The van der Waals surface area contributed by atoms with E-state index in [2.05, 4.69) is 17.9 Å². The predicted octanol–water partition coefficient (Wildman–Crippen LogP) is 2.98. The van der Waals surface area contributed by atoms with Gasteiger partial charge in [-0.2, -0.15) is 0 Å². The molecule has 1 unspecified atom stereocenters. The van der Waals surface area contributed by atoms with Crippen molar-refractivity contribution in [1.82, 2.24) is 4.90 Å². The average Bonchev–Trinajstić information content (AvgIpc) is 2.38. The molecule has 0 amide bonds. The zero-order chi connectivity index (χ0) is 13.0. The van der Waals surface area contributed by atoms with Gasteiger partial charge < -0.3 is 9.64 Å². The molecule has 1 aromatic rings. The molecule has 0 saturated carbocycles. The quantitative estimate of drug-likeness (QED) is 0.815. The van der Waals surface area contributed by atoms with Gasteiger partial charge in [0.15, 0.2) is 0 Å². The van der Waals surface area contributed by atoms with E-state index < -0.39 is 6.17 Å². The van der Waals surface area contributed by atoms with Crippen LogP contribution in [-0.2, 0) is 6.42 Å². The maximum Gasteiger partial charge on any atom is 0.122 e. The van der Waals surface area contributed by atoms with Gasteiger partial charge >= 0.3 is 0 Å². The van der Waals surface area contributed by atoms with Crippen LogP contribution in [0.5, 0.6) is 5.75 Å². The third-order valence-corrected chi connectivity index (χ3v) is 3.76. The van der Waals surface area contributed by atoms with Gasteiger partial charge in [0.1, 0.15) is 11.9 Å². The summed E-state index contributed by atoms with van der Waals surface area (Å²) in [5, 5.41) is 0. The Bertz CT molecular complexity index is 394. The normalized spacial score (nSPS) is 20.9. The molecule has 1 heterocycles. The van der Waals surface area contributed by atoms with Crippen LogP contribution in [-0.4, -0.2) is 37.8 Å². The van der Waals surface area contributed by atoms with Crippen molar-refractivity contribution in [3.63, 3.8) is 0 Å². The number of benzene rings is 1. The van der Waals surface area contributed by atoms with Crippen LogP contribution in [0.15, 0.2) is 18.2 Å². The molecule has 1 saturated heterocycles. The molecule has 0 radical (unpaired) electrons. The molecule has 2 nitrogen and oxygen atoms in total. The molecule has 0 aliphatic carbocycles.